The summed E-state index contributed by atoms with van der Waals surface area (Å²) in [6, 6.07) is 0. The topological polar surface area (TPSA) is 42.0 Å². The second-order valence-corrected chi connectivity index (χ2v) is 5.69. The highest BCUT2D eigenvalue weighted by molar-refractivity contribution is 7.09. The van der Waals surface area contributed by atoms with Gasteiger partial charge < -0.3 is 5.32 Å². The molecule has 1 saturated carbocycles. The van der Waals surface area contributed by atoms with Gasteiger partial charge in [-0.3, -0.25) is 4.79 Å². The molecule has 1 heterocycles. The summed E-state index contributed by atoms with van der Waals surface area (Å²) in [6.07, 6.45) is 8.75. The molecule has 1 N–H and O–H groups in total. The minimum atomic E-state index is -0.112. The summed E-state index contributed by atoms with van der Waals surface area (Å²) in [5.74, 6) is 0.561. The van der Waals surface area contributed by atoms with Gasteiger partial charge in [-0.1, -0.05) is 25.8 Å². The summed E-state index contributed by atoms with van der Waals surface area (Å²) < 4.78 is 0. The molecule has 1 amide bonds. The Morgan fingerprint density at radius 1 is 1.50 bits per heavy atom. The van der Waals surface area contributed by atoms with Crippen LogP contribution in [0.15, 0.2) is 18.0 Å². The van der Waals surface area contributed by atoms with E-state index in [0.29, 0.717) is 12.5 Å². The molecule has 1 fully saturated rings. The highest BCUT2D eigenvalue weighted by atomic mass is 32.1. The van der Waals surface area contributed by atoms with Gasteiger partial charge in [-0.25, -0.2) is 4.98 Å². The highest BCUT2D eigenvalue weighted by Crippen LogP contribution is 2.32. The zero-order valence-electron chi connectivity index (χ0n) is 10.7. The summed E-state index contributed by atoms with van der Waals surface area (Å²) in [6.45, 7) is 4.07. The smallest absolute Gasteiger partial charge is 0.243 e. The Morgan fingerprint density at radius 3 is 3.00 bits per heavy atom. The van der Waals surface area contributed by atoms with Crippen molar-refractivity contribution in [1.29, 1.82) is 0 Å². The van der Waals surface area contributed by atoms with Crippen molar-refractivity contribution in [3.63, 3.8) is 0 Å². The minimum Gasteiger partial charge on any atom is -0.352 e. The van der Waals surface area contributed by atoms with Crippen molar-refractivity contribution in [1.82, 2.24) is 10.3 Å². The van der Waals surface area contributed by atoms with Crippen LogP contribution in [0.25, 0.3) is 0 Å². The lowest BCUT2D eigenvalue weighted by atomic mass is 9.87. The molecule has 0 atom stereocenters. The van der Waals surface area contributed by atoms with Gasteiger partial charge in [0.15, 0.2) is 0 Å². The van der Waals surface area contributed by atoms with Crippen molar-refractivity contribution in [3.8, 4) is 0 Å². The summed E-state index contributed by atoms with van der Waals surface area (Å²) in [5.41, 5.74) is 1.27. The number of aromatic nitrogens is 1. The maximum absolute atomic E-state index is 11.0. The number of hydrogen-bond donors (Lipinski definition) is 1. The van der Waals surface area contributed by atoms with E-state index in [0.717, 1.165) is 11.4 Å². The van der Waals surface area contributed by atoms with Gasteiger partial charge in [0.2, 0.25) is 5.91 Å². The standard InChI is InChI=1S/C14H20N2OS/c1-2-13(17)15-9-8-14-16-12(10-18-14)11-6-4-3-5-7-11/h2,10-11H,1,3-9H2,(H,15,17). The van der Waals surface area contributed by atoms with Crippen LogP contribution in [0, 0.1) is 0 Å². The molecule has 0 spiro atoms. The molecule has 3 nitrogen and oxygen atoms in total. The van der Waals surface area contributed by atoms with E-state index >= 15 is 0 Å². The molecule has 0 unspecified atom stereocenters. The molecule has 0 aliphatic heterocycles. The fourth-order valence-corrected chi connectivity index (χ4v) is 3.27. The monoisotopic (exact) mass is 264 g/mol. The Balaban J connectivity index is 1.82. The first-order chi connectivity index (χ1) is 8.79. The average Bonchev–Trinajstić information content (AvgIpc) is 2.88. The van der Waals surface area contributed by atoms with Crippen molar-refractivity contribution >= 4 is 17.2 Å². The number of carbonyl (C=O) groups excluding carboxylic acids is 1. The minimum absolute atomic E-state index is 0.112. The van der Waals surface area contributed by atoms with Gasteiger partial charge in [0.1, 0.15) is 0 Å². The molecule has 0 radical (unpaired) electrons. The van der Waals surface area contributed by atoms with Crippen LogP contribution in [0.1, 0.15) is 48.7 Å². The zero-order chi connectivity index (χ0) is 12.8. The third-order valence-corrected chi connectivity index (χ3v) is 4.34. The molecular formula is C14H20N2OS. The molecule has 1 aliphatic carbocycles. The number of carbonyl (C=O) groups is 1. The van der Waals surface area contributed by atoms with Gasteiger partial charge in [-0.15, -0.1) is 11.3 Å². The predicted octanol–water partition coefficient (Wildman–Crippen LogP) is 3.04. The van der Waals surface area contributed by atoms with Gasteiger partial charge in [0.05, 0.1) is 10.7 Å². The summed E-state index contributed by atoms with van der Waals surface area (Å²) in [5, 5.41) is 6.10. The van der Waals surface area contributed by atoms with Crippen molar-refractivity contribution in [2.75, 3.05) is 6.54 Å². The van der Waals surface area contributed by atoms with Crippen LogP contribution in [0.3, 0.4) is 0 Å². The van der Waals surface area contributed by atoms with Gasteiger partial charge in [-0.05, 0) is 18.9 Å². The lowest BCUT2D eigenvalue weighted by Gasteiger charge is -2.19. The van der Waals surface area contributed by atoms with Crippen molar-refractivity contribution in [2.45, 2.75) is 44.4 Å². The van der Waals surface area contributed by atoms with Crippen LogP contribution in [0.5, 0.6) is 0 Å². The van der Waals surface area contributed by atoms with E-state index in [4.69, 9.17) is 4.98 Å². The summed E-state index contributed by atoms with van der Waals surface area (Å²) >= 11 is 1.71. The number of amides is 1. The number of nitrogens with one attached hydrogen (secondary N) is 1. The highest BCUT2D eigenvalue weighted by Gasteiger charge is 2.17. The molecule has 18 heavy (non-hydrogen) atoms. The van der Waals surface area contributed by atoms with Gasteiger partial charge in [0.25, 0.3) is 0 Å². The van der Waals surface area contributed by atoms with Crippen LogP contribution in [-0.4, -0.2) is 17.4 Å². The van der Waals surface area contributed by atoms with E-state index in [-0.39, 0.29) is 5.91 Å². The van der Waals surface area contributed by atoms with E-state index < -0.39 is 0 Å². The Bertz CT molecular complexity index is 408. The third kappa shape index (κ3) is 3.67. The van der Waals surface area contributed by atoms with Gasteiger partial charge in [0, 0.05) is 24.3 Å². The van der Waals surface area contributed by atoms with Crippen molar-refractivity contribution in [3.05, 3.63) is 28.7 Å². The first-order valence-corrected chi connectivity index (χ1v) is 7.52. The van der Waals surface area contributed by atoms with E-state index in [1.165, 1.54) is 43.9 Å². The first kappa shape index (κ1) is 13.3. The second kappa shape index (κ2) is 6.69. The molecule has 2 rings (SSSR count). The largest absolute Gasteiger partial charge is 0.352 e. The number of hydrogen-bond acceptors (Lipinski definition) is 3. The molecule has 0 saturated heterocycles. The molecule has 0 aromatic carbocycles. The Hall–Kier alpha value is -1.16. The SMILES string of the molecule is C=CC(=O)NCCc1nc(C2CCCCC2)cs1. The van der Waals surface area contributed by atoms with Crippen molar-refractivity contribution in [2.24, 2.45) is 0 Å². The number of nitrogens with zero attached hydrogens (tertiary/aromatic N) is 1. The molecule has 98 valence electrons. The summed E-state index contributed by atoms with van der Waals surface area (Å²) in [4.78, 5) is 15.7. The second-order valence-electron chi connectivity index (χ2n) is 4.75. The average molecular weight is 264 g/mol. The fraction of sp³-hybridized carbons (Fsp3) is 0.571. The van der Waals surface area contributed by atoms with E-state index in [1.54, 1.807) is 11.3 Å². The molecule has 4 heteroatoms. The molecule has 1 aromatic heterocycles. The number of rotatable bonds is 5. The lowest BCUT2D eigenvalue weighted by Crippen LogP contribution is -2.23. The van der Waals surface area contributed by atoms with Gasteiger partial charge in [-0.2, -0.15) is 0 Å². The van der Waals surface area contributed by atoms with Crippen LogP contribution >= 0.6 is 11.3 Å². The summed E-state index contributed by atoms with van der Waals surface area (Å²) in [7, 11) is 0. The van der Waals surface area contributed by atoms with Crippen LogP contribution < -0.4 is 5.32 Å². The molecule has 1 aromatic rings. The Labute approximate surface area is 112 Å². The predicted molar refractivity (Wildman–Crippen MR) is 74.9 cm³/mol. The quantitative estimate of drug-likeness (QED) is 0.831. The van der Waals surface area contributed by atoms with Crippen molar-refractivity contribution < 1.29 is 4.79 Å². The normalized spacial score (nSPS) is 16.4. The Morgan fingerprint density at radius 2 is 2.28 bits per heavy atom. The lowest BCUT2D eigenvalue weighted by molar-refractivity contribution is -0.116. The third-order valence-electron chi connectivity index (χ3n) is 3.42. The molecule has 0 bridgehead atoms. The molecule has 1 aliphatic rings. The van der Waals surface area contributed by atoms with Crippen LogP contribution in [0.2, 0.25) is 0 Å². The van der Waals surface area contributed by atoms with Crippen LogP contribution in [0.4, 0.5) is 0 Å². The van der Waals surface area contributed by atoms with E-state index in [2.05, 4.69) is 17.3 Å². The Kier molecular flexibility index (Phi) is 4.93. The maximum Gasteiger partial charge on any atom is 0.243 e. The van der Waals surface area contributed by atoms with E-state index in [9.17, 15) is 4.79 Å². The fourth-order valence-electron chi connectivity index (χ4n) is 2.39. The maximum atomic E-state index is 11.0. The molecular weight excluding hydrogens is 244 g/mol. The first-order valence-electron chi connectivity index (χ1n) is 6.64. The van der Waals surface area contributed by atoms with E-state index in [1.807, 2.05) is 0 Å². The van der Waals surface area contributed by atoms with Crippen LogP contribution in [-0.2, 0) is 11.2 Å². The van der Waals surface area contributed by atoms with Gasteiger partial charge >= 0.3 is 0 Å². The number of thiazole rings is 1. The zero-order valence-corrected chi connectivity index (χ0v) is 11.5.